The molecule has 4 N–H and O–H groups in total. The summed E-state index contributed by atoms with van der Waals surface area (Å²) in [5.74, 6) is -2.15. The Labute approximate surface area is 76.5 Å². The SMILES string of the molecule is CCCC(N)(CCC(=O)O)C(=O)O. The molecule has 0 amide bonds. The van der Waals surface area contributed by atoms with Gasteiger partial charge in [0.25, 0.3) is 0 Å². The van der Waals surface area contributed by atoms with Crippen molar-refractivity contribution in [3.8, 4) is 0 Å². The van der Waals surface area contributed by atoms with Crippen molar-refractivity contribution < 1.29 is 19.8 Å². The number of hydrogen-bond acceptors (Lipinski definition) is 3. The molecule has 0 aromatic rings. The largest absolute Gasteiger partial charge is 0.481 e. The summed E-state index contributed by atoms with van der Waals surface area (Å²) < 4.78 is 0. The van der Waals surface area contributed by atoms with Crippen LogP contribution in [0.25, 0.3) is 0 Å². The van der Waals surface area contributed by atoms with E-state index in [0.717, 1.165) is 0 Å². The second kappa shape index (κ2) is 4.81. The highest BCUT2D eigenvalue weighted by molar-refractivity contribution is 5.79. The Morgan fingerprint density at radius 2 is 1.85 bits per heavy atom. The number of carboxylic acids is 2. The maximum absolute atomic E-state index is 10.7. The Morgan fingerprint density at radius 1 is 1.31 bits per heavy atom. The van der Waals surface area contributed by atoms with E-state index >= 15 is 0 Å². The molecule has 0 saturated heterocycles. The number of hydrogen-bond donors (Lipinski definition) is 3. The molecule has 0 saturated carbocycles. The van der Waals surface area contributed by atoms with Crippen LogP contribution in [-0.2, 0) is 9.59 Å². The van der Waals surface area contributed by atoms with E-state index in [2.05, 4.69) is 0 Å². The molecule has 0 rings (SSSR count). The molecular formula is C8H15NO4. The summed E-state index contributed by atoms with van der Waals surface area (Å²) in [7, 11) is 0. The monoisotopic (exact) mass is 189 g/mol. The van der Waals surface area contributed by atoms with Crippen molar-refractivity contribution in [3.05, 3.63) is 0 Å². The minimum atomic E-state index is -1.38. The van der Waals surface area contributed by atoms with E-state index in [1.807, 2.05) is 6.92 Å². The van der Waals surface area contributed by atoms with Crippen molar-refractivity contribution in [1.82, 2.24) is 0 Å². The van der Waals surface area contributed by atoms with Crippen molar-refractivity contribution in [2.45, 2.75) is 38.1 Å². The standard InChI is InChI=1S/C8H15NO4/c1-2-4-8(9,7(12)13)5-3-6(10)11/h2-5,9H2,1H3,(H,10,11)(H,12,13). The van der Waals surface area contributed by atoms with Crippen LogP contribution < -0.4 is 5.73 Å². The molecule has 0 radical (unpaired) electrons. The fraction of sp³-hybridized carbons (Fsp3) is 0.750. The van der Waals surface area contributed by atoms with Crippen molar-refractivity contribution in [1.29, 1.82) is 0 Å². The van der Waals surface area contributed by atoms with Gasteiger partial charge in [-0.05, 0) is 12.8 Å². The molecule has 0 aromatic carbocycles. The zero-order chi connectivity index (χ0) is 10.5. The Kier molecular flexibility index (Phi) is 4.40. The molecule has 0 heterocycles. The van der Waals surface area contributed by atoms with Crippen LogP contribution in [0.15, 0.2) is 0 Å². The summed E-state index contributed by atoms with van der Waals surface area (Å²) in [6.07, 6.45) is 0.701. The average Bonchev–Trinajstić information content (AvgIpc) is 2.01. The quantitative estimate of drug-likeness (QED) is 0.562. The molecular weight excluding hydrogens is 174 g/mol. The molecule has 0 fully saturated rings. The second-order valence-electron chi connectivity index (χ2n) is 3.11. The number of carbonyl (C=O) groups is 2. The van der Waals surface area contributed by atoms with Gasteiger partial charge in [0.1, 0.15) is 5.54 Å². The van der Waals surface area contributed by atoms with Gasteiger partial charge >= 0.3 is 11.9 Å². The molecule has 0 aliphatic rings. The van der Waals surface area contributed by atoms with E-state index < -0.39 is 17.5 Å². The first-order valence-electron chi connectivity index (χ1n) is 4.16. The van der Waals surface area contributed by atoms with Crippen LogP contribution in [0.5, 0.6) is 0 Å². The summed E-state index contributed by atoms with van der Waals surface area (Å²) in [4.78, 5) is 20.9. The molecule has 0 aliphatic heterocycles. The van der Waals surface area contributed by atoms with Crippen molar-refractivity contribution >= 4 is 11.9 Å². The molecule has 0 bridgehead atoms. The van der Waals surface area contributed by atoms with Crippen LogP contribution in [0.3, 0.4) is 0 Å². The second-order valence-corrected chi connectivity index (χ2v) is 3.11. The van der Waals surface area contributed by atoms with Crippen LogP contribution in [-0.4, -0.2) is 27.7 Å². The van der Waals surface area contributed by atoms with Crippen LogP contribution in [0.4, 0.5) is 0 Å². The Bertz CT molecular complexity index is 204. The average molecular weight is 189 g/mol. The Hall–Kier alpha value is -1.10. The highest BCUT2D eigenvalue weighted by atomic mass is 16.4. The molecule has 0 aliphatic carbocycles. The van der Waals surface area contributed by atoms with Crippen molar-refractivity contribution in [2.24, 2.45) is 5.73 Å². The van der Waals surface area contributed by atoms with Gasteiger partial charge in [-0.15, -0.1) is 0 Å². The third kappa shape index (κ3) is 3.89. The third-order valence-corrected chi connectivity index (χ3v) is 1.91. The summed E-state index contributed by atoms with van der Waals surface area (Å²) in [6, 6.07) is 0. The molecule has 1 atom stereocenters. The molecule has 5 heteroatoms. The lowest BCUT2D eigenvalue weighted by molar-refractivity contribution is -0.144. The summed E-state index contributed by atoms with van der Waals surface area (Å²) in [5, 5.41) is 17.1. The molecule has 0 spiro atoms. The van der Waals surface area contributed by atoms with Gasteiger partial charge in [-0.25, -0.2) is 0 Å². The fourth-order valence-electron chi connectivity index (χ4n) is 1.11. The lowest BCUT2D eigenvalue weighted by atomic mass is 9.90. The number of nitrogens with two attached hydrogens (primary N) is 1. The van der Waals surface area contributed by atoms with Crippen molar-refractivity contribution in [2.75, 3.05) is 0 Å². The summed E-state index contributed by atoms with van der Waals surface area (Å²) >= 11 is 0. The van der Waals surface area contributed by atoms with Gasteiger partial charge in [-0.1, -0.05) is 13.3 Å². The smallest absolute Gasteiger partial charge is 0.323 e. The predicted octanol–water partition coefficient (Wildman–Crippen LogP) is 0.433. The topological polar surface area (TPSA) is 101 Å². The van der Waals surface area contributed by atoms with Crippen molar-refractivity contribution in [3.63, 3.8) is 0 Å². The van der Waals surface area contributed by atoms with E-state index in [1.54, 1.807) is 0 Å². The van der Waals surface area contributed by atoms with E-state index in [9.17, 15) is 9.59 Å². The molecule has 13 heavy (non-hydrogen) atoms. The van der Waals surface area contributed by atoms with E-state index in [-0.39, 0.29) is 12.8 Å². The van der Waals surface area contributed by atoms with E-state index in [1.165, 1.54) is 0 Å². The van der Waals surface area contributed by atoms with Gasteiger partial charge in [-0.2, -0.15) is 0 Å². The third-order valence-electron chi connectivity index (χ3n) is 1.91. The van der Waals surface area contributed by atoms with Crippen LogP contribution in [0.2, 0.25) is 0 Å². The van der Waals surface area contributed by atoms with Crippen LogP contribution in [0.1, 0.15) is 32.6 Å². The van der Waals surface area contributed by atoms with Gasteiger partial charge in [0.2, 0.25) is 0 Å². The lowest BCUT2D eigenvalue weighted by Crippen LogP contribution is -2.48. The zero-order valence-electron chi connectivity index (χ0n) is 7.62. The van der Waals surface area contributed by atoms with Gasteiger partial charge in [-0.3, -0.25) is 9.59 Å². The summed E-state index contributed by atoms with van der Waals surface area (Å²) in [5.41, 5.74) is 4.15. The normalized spacial score (nSPS) is 14.9. The number of carboxylic acid groups (broad SMARTS) is 2. The van der Waals surface area contributed by atoms with Gasteiger partial charge in [0.15, 0.2) is 0 Å². The molecule has 76 valence electrons. The minimum Gasteiger partial charge on any atom is -0.481 e. The Morgan fingerprint density at radius 3 is 2.15 bits per heavy atom. The molecule has 0 aromatic heterocycles. The number of aliphatic carboxylic acids is 2. The first kappa shape index (κ1) is 11.9. The maximum Gasteiger partial charge on any atom is 0.323 e. The molecule has 5 nitrogen and oxygen atoms in total. The predicted molar refractivity (Wildman–Crippen MR) is 46.3 cm³/mol. The molecule has 1 unspecified atom stereocenters. The lowest BCUT2D eigenvalue weighted by Gasteiger charge is -2.22. The van der Waals surface area contributed by atoms with E-state index in [0.29, 0.717) is 12.8 Å². The highest BCUT2D eigenvalue weighted by Crippen LogP contribution is 2.16. The first-order chi connectivity index (χ1) is 5.92. The van der Waals surface area contributed by atoms with E-state index in [4.69, 9.17) is 15.9 Å². The number of rotatable bonds is 6. The van der Waals surface area contributed by atoms with Gasteiger partial charge in [0, 0.05) is 6.42 Å². The van der Waals surface area contributed by atoms with Gasteiger partial charge < -0.3 is 15.9 Å². The summed E-state index contributed by atoms with van der Waals surface area (Å²) in [6.45, 7) is 1.81. The Balaban J connectivity index is 4.24. The van der Waals surface area contributed by atoms with Gasteiger partial charge in [0.05, 0.1) is 0 Å². The van der Waals surface area contributed by atoms with Crippen LogP contribution in [0, 0.1) is 0 Å². The minimum absolute atomic E-state index is 0.0223. The fourth-order valence-corrected chi connectivity index (χ4v) is 1.11. The maximum atomic E-state index is 10.7. The van der Waals surface area contributed by atoms with Crippen LogP contribution >= 0.6 is 0 Å². The highest BCUT2D eigenvalue weighted by Gasteiger charge is 2.32. The zero-order valence-corrected chi connectivity index (χ0v) is 7.62. The first-order valence-corrected chi connectivity index (χ1v) is 4.16.